The van der Waals surface area contributed by atoms with Crippen molar-refractivity contribution in [1.82, 2.24) is 9.97 Å². The maximum absolute atomic E-state index is 11.5. The Hall–Kier alpha value is -1.75. The number of aromatic nitrogens is 2. The summed E-state index contributed by atoms with van der Waals surface area (Å²) in [5.74, 6) is 0.544. The molecule has 0 radical (unpaired) electrons. The number of halogens is 1. The van der Waals surface area contributed by atoms with Gasteiger partial charge in [-0.25, -0.2) is 4.79 Å². The zero-order valence-electron chi connectivity index (χ0n) is 9.12. The van der Waals surface area contributed by atoms with E-state index < -0.39 is 11.2 Å². The molecule has 1 aromatic carbocycles. The van der Waals surface area contributed by atoms with Crippen LogP contribution in [0.25, 0.3) is 10.9 Å². The molecule has 1 atom stereocenters. The Bertz CT molecular complexity index is 645. The molecular weight excluding hydrogens is 244 g/mol. The Morgan fingerprint density at radius 3 is 2.82 bits per heavy atom. The van der Waals surface area contributed by atoms with Crippen molar-refractivity contribution < 1.29 is 4.74 Å². The highest BCUT2D eigenvalue weighted by atomic mass is 35.5. The Morgan fingerprint density at radius 1 is 1.35 bits per heavy atom. The largest absolute Gasteiger partial charge is 0.492 e. The van der Waals surface area contributed by atoms with Crippen LogP contribution in [0, 0.1) is 0 Å². The van der Waals surface area contributed by atoms with Gasteiger partial charge in [0.15, 0.2) is 0 Å². The van der Waals surface area contributed by atoms with Crippen LogP contribution in [0.15, 0.2) is 27.8 Å². The number of hydrogen-bond donors (Lipinski definition) is 2. The molecule has 0 aliphatic carbocycles. The summed E-state index contributed by atoms with van der Waals surface area (Å²) >= 11 is 5.76. The summed E-state index contributed by atoms with van der Waals surface area (Å²) in [5, 5.41) is 0.267. The lowest BCUT2D eigenvalue weighted by atomic mass is 10.2. The summed E-state index contributed by atoms with van der Waals surface area (Å²) in [6.07, 6.45) is 0. The van der Waals surface area contributed by atoms with Crippen LogP contribution in [-0.2, 0) is 0 Å². The van der Waals surface area contributed by atoms with Crippen LogP contribution < -0.4 is 16.0 Å². The third-order valence-corrected chi connectivity index (χ3v) is 2.32. The molecule has 5 nitrogen and oxygen atoms in total. The van der Waals surface area contributed by atoms with Crippen LogP contribution in [0.4, 0.5) is 0 Å². The smallest absolute Gasteiger partial charge is 0.326 e. The van der Waals surface area contributed by atoms with E-state index in [0.717, 1.165) is 0 Å². The first-order valence-corrected chi connectivity index (χ1v) is 5.53. The summed E-state index contributed by atoms with van der Waals surface area (Å²) in [5.41, 5.74) is -0.483. The summed E-state index contributed by atoms with van der Waals surface area (Å²) in [6.45, 7) is 2.17. The molecule has 0 amide bonds. The lowest BCUT2D eigenvalue weighted by molar-refractivity contribution is 0.320. The van der Waals surface area contributed by atoms with Gasteiger partial charge in [0.05, 0.1) is 16.3 Å². The average Bonchev–Trinajstić information content (AvgIpc) is 2.26. The van der Waals surface area contributed by atoms with E-state index in [0.29, 0.717) is 23.3 Å². The maximum atomic E-state index is 11.5. The predicted molar refractivity (Wildman–Crippen MR) is 66.0 cm³/mol. The first kappa shape index (κ1) is 11.7. The molecule has 0 saturated carbocycles. The second-order valence-electron chi connectivity index (χ2n) is 3.71. The number of ether oxygens (including phenoxy) is 1. The van der Waals surface area contributed by atoms with Crippen molar-refractivity contribution in [1.29, 1.82) is 0 Å². The van der Waals surface area contributed by atoms with Gasteiger partial charge in [0.1, 0.15) is 12.4 Å². The topological polar surface area (TPSA) is 75.0 Å². The minimum Gasteiger partial charge on any atom is -0.492 e. The molecule has 0 aliphatic rings. The summed E-state index contributed by atoms with van der Waals surface area (Å²) in [6, 6.07) is 4.88. The summed E-state index contributed by atoms with van der Waals surface area (Å²) < 4.78 is 5.38. The molecule has 0 bridgehead atoms. The first-order valence-electron chi connectivity index (χ1n) is 5.09. The van der Waals surface area contributed by atoms with Crippen LogP contribution in [0.2, 0.25) is 0 Å². The van der Waals surface area contributed by atoms with Gasteiger partial charge in [-0.15, -0.1) is 11.6 Å². The van der Waals surface area contributed by atoms with Gasteiger partial charge in [-0.1, -0.05) is 0 Å². The molecule has 1 heterocycles. The van der Waals surface area contributed by atoms with Gasteiger partial charge in [0.2, 0.25) is 0 Å². The number of H-pyrrole nitrogens is 2. The molecule has 90 valence electrons. The minimum absolute atomic E-state index is 0.112. The van der Waals surface area contributed by atoms with Crippen molar-refractivity contribution >= 4 is 22.5 Å². The van der Waals surface area contributed by atoms with Crippen molar-refractivity contribution in [3.05, 3.63) is 39.0 Å². The van der Waals surface area contributed by atoms with Crippen molar-refractivity contribution in [2.45, 2.75) is 12.3 Å². The Balaban J connectivity index is 2.44. The van der Waals surface area contributed by atoms with E-state index in [2.05, 4.69) is 9.97 Å². The number of rotatable bonds is 3. The van der Waals surface area contributed by atoms with Crippen molar-refractivity contribution in [2.24, 2.45) is 0 Å². The fourth-order valence-electron chi connectivity index (χ4n) is 1.45. The summed E-state index contributed by atoms with van der Waals surface area (Å²) in [7, 11) is 0. The van der Waals surface area contributed by atoms with Crippen LogP contribution >= 0.6 is 11.6 Å². The van der Waals surface area contributed by atoms with Crippen molar-refractivity contribution in [2.75, 3.05) is 6.61 Å². The molecule has 0 aliphatic heterocycles. The first-order chi connectivity index (χ1) is 8.06. The average molecular weight is 255 g/mol. The van der Waals surface area contributed by atoms with E-state index in [1.165, 1.54) is 0 Å². The number of aromatic amines is 2. The van der Waals surface area contributed by atoms with E-state index in [1.54, 1.807) is 18.2 Å². The lowest BCUT2D eigenvalue weighted by Crippen LogP contribution is -2.21. The maximum Gasteiger partial charge on any atom is 0.326 e. The molecule has 1 unspecified atom stereocenters. The molecule has 1 aromatic heterocycles. The van der Waals surface area contributed by atoms with E-state index in [4.69, 9.17) is 16.3 Å². The van der Waals surface area contributed by atoms with E-state index in [-0.39, 0.29) is 5.38 Å². The highest BCUT2D eigenvalue weighted by molar-refractivity contribution is 6.20. The van der Waals surface area contributed by atoms with E-state index in [9.17, 15) is 9.59 Å². The Morgan fingerprint density at radius 2 is 2.12 bits per heavy atom. The standard InChI is InChI=1S/C11H11ClN2O3/c1-6(12)5-17-7-2-3-9-8(4-7)10(15)14-11(16)13-9/h2-4,6H,5H2,1H3,(H2,13,14,15,16). The normalized spacial score (nSPS) is 12.6. The molecule has 0 fully saturated rings. The number of fused-ring (bicyclic) bond motifs is 1. The summed E-state index contributed by atoms with van der Waals surface area (Å²) in [4.78, 5) is 27.3. The minimum atomic E-state index is -0.523. The van der Waals surface area contributed by atoms with Gasteiger partial charge in [-0.3, -0.25) is 9.78 Å². The molecule has 2 aromatic rings. The highest BCUT2D eigenvalue weighted by Gasteiger charge is 2.04. The van der Waals surface area contributed by atoms with Gasteiger partial charge in [-0.05, 0) is 25.1 Å². The zero-order valence-corrected chi connectivity index (χ0v) is 9.88. The number of alkyl halides is 1. The second kappa shape index (κ2) is 4.63. The molecular formula is C11H11ClN2O3. The molecule has 2 rings (SSSR count). The van der Waals surface area contributed by atoms with Crippen molar-refractivity contribution in [3.63, 3.8) is 0 Å². The van der Waals surface area contributed by atoms with Gasteiger partial charge in [-0.2, -0.15) is 0 Å². The van der Waals surface area contributed by atoms with Crippen LogP contribution in [-0.4, -0.2) is 22.0 Å². The molecule has 0 spiro atoms. The Labute approximate surface area is 101 Å². The fourth-order valence-corrected chi connectivity index (χ4v) is 1.51. The predicted octanol–water partition coefficient (Wildman–Crippen LogP) is 1.22. The number of benzene rings is 1. The second-order valence-corrected chi connectivity index (χ2v) is 4.45. The highest BCUT2D eigenvalue weighted by Crippen LogP contribution is 2.16. The van der Waals surface area contributed by atoms with Crippen LogP contribution in [0.5, 0.6) is 5.75 Å². The lowest BCUT2D eigenvalue weighted by Gasteiger charge is -2.07. The quantitative estimate of drug-likeness (QED) is 0.809. The number of nitrogens with one attached hydrogen (secondary N) is 2. The van der Waals surface area contributed by atoms with Crippen LogP contribution in [0.3, 0.4) is 0 Å². The van der Waals surface area contributed by atoms with Gasteiger partial charge < -0.3 is 9.72 Å². The van der Waals surface area contributed by atoms with E-state index in [1.807, 2.05) is 6.92 Å². The molecule has 2 N–H and O–H groups in total. The third kappa shape index (κ3) is 2.68. The molecule has 17 heavy (non-hydrogen) atoms. The monoisotopic (exact) mass is 254 g/mol. The van der Waals surface area contributed by atoms with Gasteiger partial charge in [0.25, 0.3) is 5.56 Å². The van der Waals surface area contributed by atoms with Crippen molar-refractivity contribution in [3.8, 4) is 5.75 Å². The SMILES string of the molecule is CC(Cl)COc1ccc2[nH]c(=O)[nH]c(=O)c2c1. The van der Waals surface area contributed by atoms with Gasteiger partial charge >= 0.3 is 5.69 Å². The molecule has 6 heteroatoms. The zero-order chi connectivity index (χ0) is 12.4. The molecule has 0 saturated heterocycles. The van der Waals surface area contributed by atoms with Crippen LogP contribution in [0.1, 0.15) is 6.92 Å². The number of hydrogen-bond acceptors (Lipinski definition) is 3. The van der Waals surface area contributed by atoms with Gasteiger partial charge in [0, 0.05) is 0 Å². The Kier molecular flexibility index (Phi) is 3.19. The third-order valence-electron chi connectivity index (χ3n) is 2.19. The van der Waals surface area contributed by atoms with E-state index >= 15 is 0 Å². The fraction of sp³-hybridized carbons (Fsp3) is 0.273.